The highest BCUT2D eigenvalue weighted by atomic mass is 35.5. The maximum atomic E-state index is 5.92. The molecule has 0 bridgehead atoms. The highest BCUT2D eigenvalue weighted by molar-refractivity contribution is 7.80. The fraction of sp³-hybridized carbons (Fsp3) is 0.0714. The van der Waals surface area contributed by atoms with Gasteiger partial charge >= 0.3 is 0 Å². The fourth-order valence-electron chi connectivity index (χ4n) is 1.61. The Balaban J connectivity index is 2.14. The lowest BCUT2D eigenvalue weighted by Crippen LogP contribution is -2.13. The van der Waals surface area contributed by atoms with Crippen molar-refractivity contribution in [2.24, 2.45) is 5.73 Å². The molecule has 2 aromatic carbocycles. The van der Waals surface area contributed by atoms with Gasteiger partial charge in [-0.3, -0.25) is 0 Å². The molecule has 0 saturated heterocycles. The van der Waals surface area contributed by atoms with Gasteiger partial charge in [0.15, 0.2) is 0 Å². The van der Waals surface area contributed by atoms with Crippen molar-refractivity contribution in [3.63, 3.8) is 0 Å². The first kappa shape index (κ1) is 14.1. The molecule has 5 heteroatoms. The summed E-state index contributed by atoms with van der Waals surface area (Å²) in [5.74, 6) is 0.646. The predicted molar refractivity (Wildman–Crippen MR) is 83.1 cm³/mol. The van der Waals surface area contributed by atoms with E-state index >= 15 is 0 Å². The van der Waals surface area contributed by atoms with Crippen LogP contribution in [0, 0.1) is 0 Å². The monoisotopic (exact) mass is 311 g/mol. The first-order valence-corrected chi connectivity index (χ1v) is 6.70. The topological polar surface area (TPSA) is 35.2 Å². The standard InChI is InChI=1S/C14H11Cl2NOS/c15-12-6-5-10(7-13(12)16)18-8-9-3-1-2-4-11(9)14(17)19/h1-7H,8H2,(H2,17,19). The van der Waals surface area contributed by atoms with Crippen molar-refractivity contribution in [3.05, 3.63) is 63.6 Å². The van der Waals surface area contributed by atoms with E-state index in [4.69, 9.17) is 45.9 Å². The number of benzene rings is 2. The summed E-state index contributed by atoms with van der Waals surface area (Å²) < 4.78 is 5.66. The Hall–Kier alpha value is -1.29. The molecule has 0 radical (unpaired) electrons. The molecule has 0 fully saturated rings. The van der Waals surface area contributed by atoms with Gasteiger partial charge in [0.2, 0.25) is 0 Å². The molecule has 2 rings (SSSR count). The maximum absolute atomic E-state index is 5.92. The molecule has 2 aromatic rings. The van der Waals surface area contributed by atoms with Gasteiger partial charge in [-0.2, -0.15) is 0 Å². The molecule has 19 heavy (non-hydrogen) atoms. The van der Waals surface area contributed by atoms with E-state index in [1.54, 1.807) is 18.2 Å². The molecule has 2 nitrogen and oxygen atoms in total. The molecule has 0 aromatic heterocycles. The van der Waals surface area contributed by atoms with Gasteiger partial charge in [-0.05, 0) is 17.7 Å². The van der Waals surface area contributed by atoms with Crippen molar-refractivity contribution < 1.29 is 4.74 Å². The van der Waals surface area contributed by atoms with Gasteiger partial charge in [-0.15, -0.1) is 0 Å². The van der Waals surface area contributed by atoms with Crippen LogP contribution in [0.5, 0.6) is 5.75 Å². The Morgan fingerprint density at radius 1 is 1.11 bits per heavy atom. The molecule has 0 spiro atoms. The number of halogens is 2. The summed E-state index contributed by atoms with van der Waals surface area (Å²) in [7, 11) is 0. The molecule has 0 heterocycles. The fourth-order valence-corrected chi connectivity index (χ4v) is 2.10. The van der Waals surface area contributed by atoms with Crippen LogP contribution in [0.4, 0.5) is 0 Å². The molecular formula is C14H11Cl2NOS. The zero-order valence-electron chi connectivity index (χ0n) is 9.90. The van der Waals surface area contributed by atoms with Crippen LogP contribution in [0.3, 0.4) is 0 Å². The van der Waals surface area contributed by atoms with Gasteiger partial charge in [0, 0.05) is 11.6 Å². The van der Waals surface area contributed by atoms with Crippen molar-refractivity contribution in [2.75, 3.05) is 0 Å². The largest absolute Gasteiger partial charge is 0.489 e. The second-order valence-corrected chi connectivity index (χ2v) is 5.14. The molecule has 0 atom stereocenters. The summed E-state index contributed by atoms with van der Waals surface area (Å²) in [6.45, 7) is 0.367. The second kappa shape index (κ2) is 6.24. The highest BCUT2D eigenvalue weighted by Crippen LogP contribution is 2.27. The van der Waals surface area contributed by atoms with Gasteiger partial charge in [0.05, 0.1) is 10.0 Å². The summed E-state index contributed by atoms with van der Waals surface area (Å²) in [6, 6.07) is 12.7. The van der Waals surface area contributed by atoms with E-state index in [1.165, 1.54) is 0 Å². The molecule has 0 aliphatic heterocycles. The van der Waals surface area contributed by atoms with Crippen LogP contribution < -0.4 is 10.5 Å². The van der Waals surface area contributed by atoms with E-state index in [2.05, 4.69) is 0 Å². The van der Waals surface area contributed by atoms with Crippen LogP contribution in [0.15, 0.2) is 42.5 Å². The van der Waals surface area contributed by atoms with E-state index < -0.39 is 0 Å². The Labute approximate surface area is 127 Å². The molecule has 0 amide bonds. The van der Waals surface area contributed by atoms with Crippen LogP contribution in [0.1, 0.15) is 11.1 Å². The Morgan fingerprint density at radius 2 is 1.84 bits per heavy atom. The molecule has 0 aliphatic rings. The SMILES string of the molecule is NC(=S)c1ccccc1COc1ccc(Cl)c(Cl)c1. The van der Waals surface area contributed by atoms with Crippen LogP contribution >= 0.6 is 35.4 Å². The zero-order valence-corrected chi connectivity index (χ0v) is 12.2. The number of rotatable bonds is 4. The van der Waals surface area contributed by atoms with Gasteiger partial charge in [0.1, 0.15) is 17.3 Å². The minimum atomic E-state index is 0.355. The van der Waals surface area contributed by atoms with Gasteiger partial charge in [-0.25, -0.2) is 0 Å². The summed E-state index contributed by atoms with van der Waals surface area (Å²) in [5, 5.41) is 0.958. The predicted octanol–water partition coefficient (Wildman–Crippen LogP) is 4.21. The lowest BCUT2D eigenvalue weighted by Gasteiger charge is -2.10. The summed E-state index contributed by atoms with van der Waals surface area (Å²) in [4.78, 5) is 0.355. The van der Waals surface area contributed by atoms with Crippen molar-refractivity contribution in [3.8, 4) is 5.75 Å². The average molecular weight is 312 g/mol. The Kier molecular flexibility index (Phi) is 4.64. The first-order chi connectivity index (χ1) is 9.08. The van der Waals surface area contributed by atoms with Crippen LogP contribution in [0.25, 0.3) is 0 Å². The van der Waals surface area contributed by atoms with Crippen molar-refractivity contribution in [1.82, 2.24) is 0 Å². The van der Waals surface area contributed by atoms with Crippen LogP contribution in [-0.4, -0.2) is 4.99 Å². The third kappa shape index (κ3) is 3.60. The second-order valence-electron chi connectivity index (χ2n) is 3.89. The molecule has 0 saturated carbocycles. The van der Waals surface area contributed by atoms with Gasteiger partial charge < -0.3 is 10.5 Å². The number of nitrogens with two attached hydrogens (primary N) is 1. The van der Waals surface area contributed by atoms with Crippen LogP contribution in [0.2, 0.25) is 10.0 Å². The van der Waals surface area contributed by atoms with E-state index in [1.807, 2.05) is 24.3 Å². The quantitative estimate of drug-likeness (QED) is 0.859. The molecular weight excluding hydrogens is 301 g/mol. The Bertz CT molecular complexity index is 616. The minimum absolute atomic E-state index is 0.355. The lowest BCUT2D eigenvalue weighted by molar-refractivity contribution is 0.306. The summed E-state index contributed by atoms with van der Waals surface area (Å²) in [6.07, 6.45) is 0. The van der Waals surface area contributed by atoms with Gasteiger partial charge in [-0.1, -0.05) is 59.7 Å². The Morgan fingerprint density at radius 3 is 2.53 bits per heavy atom. The molecule has 2 N–H and O–H groups in total. The normalized spacial score (nSPS) is 10.2. The minimum Gasteiger partial charge on any atom is -0.489 e. The van der Waals surface area contributed by atoms with Crippen molar-refractivity contribution in [1.29, 1.82) is 0 Å². The molecule has 98 valence electrons. The number of thiocarbonyl (C=S) groups is 1. The number of ether oxygens (including phenoxy) is 1. The number of hydrogen-bond acceptors (Lipinski definition) is 2. The van der Waals surface area contributed by atoms with Crippen molar-refractivity contribution >= 4 is 40.4 Å². The first-order valence-electron chi connectivity index (χ1n) is 5.53. The summed E-state index contributed by atoms with van der Waals surface area (Å²) in [5.41, 5.74) is 7.41. The third-order valence-electron chi connectivity index (χ3n) is 2.57. The summed E-state index contributed by atoms with van der Waals surface area (Å²) >= 11 is 16.8. The lowest BCUT2D eigenvalue weighted by atomic mass is 10.1. The van der Waals surface area contributed by atoms with Crippen LogP contribution in [-0.2, 0) is 6.61 Å². The van der Waals surface area contributed by atoms with E-state index in [-0.39, 0.29) is 0 Å². The maximum Gasteiger partial charge on any atom is 0.121 e. The zero-order chi connectivity index (χ0) is 13.8. The third-order valence-corrected chi connectivity index (χ3v) is 3.53. The van der Waals surface area contributed by atoms with E-state index in [0.717, 1.165) is 11.1 Å². The molecule has 0 aliphatic carbocycles. The number of hydrogen-bond donors (Lipinski definition) is 1. The molecule has 0 unspecified atom stereocenters. The van der Waals surface area contributed by atoms with Crippen molar-refractivity contribution in [2.45, 2.75) is 6.61 Å². The van der Waals surface area contributed by atoms with E-state index in [9.17, 15) is 0 Å². The van der Waals surface area contributed by atoms with E-state index in [0.29, 0.717) is 27.4 Å². The average Bonchev–Trinajstić information content (AvgIpc) is 2.40. The highest BCUT2D eigenvalue weighted by Gasteiger charge is 2.06. The van der Waals surface area contributed by atoms with Gasteiger partial charge in [0.25, 0.3) is 0 Å². The smallest absolute Gasteiger partial charge is 0.121 e.